The molecule has 3 rings (SSSR count). The maximum atomic E-state index is 12.1. The Kier molecular flexibility index (Phi) is 3.98. The van der Waals surface area contributed by atoms with Gasteiger partial charge < -0.3 is 14.3 Å². The van der Waals surface area contributed by atoms with Crippen molar-refractivity contribution in [3.63, 3.8) is 0 Å². The van der Waals surface area contributed by atoms with Gasteiger partial charge in [-0.1, -0.05) is 34.4 Å². The SMILES string of the molecule is CC1(C)OC(=O)C(C2CC(c3ccc(Cl)c(Cl)c3)=NO2)C(=O)O1. The molecule has 0 spiro atoms. The monoisotopic (exact) mass is 357 g/mol. The minimum atomic E-state index is -1.27. The molecule has 0 saturated carbocycles. The van der Waals surface area contributed by atoms with Crippen molar-refractivity contribution in [3.8, 4) is 0 Å². The van der Waals surface area contributed by atoms with Crippen molar-refractivity contribution in [1.29, 1.82) is 0 Å². The number of hydrogen-bond acceptors (Lipinski definition) is 6. The first-order chi connectivity index (χ1) is 10.8. The van der Waals surface area contributed by atoms with E-state index in [1.54, 1.807) is 18.2 Å². The molecule has 0 radical (unpaired) electrons. The molecular weight excluding hydrogens is 345 g/mol. The Morgan fingerprint density at radius 1 is 1.13 bits per heavy atom. The van der Waals surface area contributed by atoms with E-state index in [0.29, 0.717) is 21.3 Å². The number of benzene rings is 1. The molecule has 1 unspecified atom stereocenters. The lowest BCUT2D eigenvalue weighted by Crippen LogP contribution is -2.50. The molecule has 0 amide bonds. The molecule has 6 nitrogen and oxygen atoms in total. The van der Waals surface area contributed by atoms with Crippen LogP contribution in [0.2, 0.25) is 10.0 Å². The highest BCUT2D eigenvalue weighted by molar-refractivity contribution is 6.42. The minimum absolute atomic E-state index is 0.257. The Morgan fingerprint density at radius 2 is 1.78 bits per heavy atom. The highest BCUT2D eigenvalue weighted by Crippen LogP contribution is 2.32. The first-order valence-electron chi connectivity index (χ1n) is 6.91. The summed E-state index contributed by atoms with van der Waals surface area (Å²) in [5.41, 5.74) is 1.28. The Morgan fingerprint density at radius 3 is 2.39 bits per heavy atom. The fourth-order valence-corrected chi connectivity index (χ4v) is 2.75. The number of rotatable bonds is 2. The van der Waals surface area contributed by atoms with E-state index in [4.69, 9.17) is 37.5 Å². The summed E-state index contributed by atoms with van der Waals surface area (Å²) in [6.07, 6.45) is -0.511. The molecule has 122 valence electrons. The van der Waals surface area contributed by atoms with E-state index in [2.05, 4.69) is 5.16 Å². The van der Waals surface area contributed by atoms with Gasteiger partial charge in [0.1, 0.15) is 0 Å². The van der Waals surface area contributed by atoms with Gasteiger partial charge in [-0.25, -0.2) is 0 Å². The van der Waals surface area contributed by atoms with Gasteiger partial charge in [0.25, 0.3) is 5.79 Å². The Balaban J connectivity index is 1.75. The largest absolute Gasteiger partial charge is 0.422 e. The summed E-state index contributed by atoms with van der Waals surface area (Å²) in [4.78, 5) is 29.4. The number of esters is 2. The fraction of sp³-hybridized carbons (Fsp3) is 0.400. The van der Waals surface area contributed by atoms with E-state index >= 15 is 0 Å². The summed E-state index contributed by atoms with van der Waals surface area (Å²) in [5.74, 6) is -3.79. The zero-order valence-corrected chi connectivity index (χ0v) is 13.9. The van der Waals surface area contributed by atoms with Crippen LogP contribution in [0.15, 0.2) is 23.4 Å². The molecule has 1 fully saturated rings. The van der Waals surface area contributed by atoms with Gasteiger partial charge in [-0.05, 0) is 12.1 Å². The van der Waals surface area contributed by atoms with E-state index in [1.165, 1.54) is 13.8 Å². The van der Waals surface area contributed by atoms with Gasteiger partial charge in [0.05, 0.1) is 15.8 Å². The normalized spacial score (nSPS) is 23.8. The molecule has 0 aromatic heterocycles. The van der Waals surface area contributed by atoms with Crippen LogP contribution in [0.1, 0.15) is 25.8 Å². The Bertz CT molecular complexity index is 696. The van der Waals surface area contributed by atoms with Crippen molar-refractivity contribution in [2.75, 3.05) is 0 Å². The van der Waals surface area contributed by atoms with Crippen LogP contribution in [0, 0.1) is 5.92 Å². The predicted molar refractivity (Wildman–Crippen MR) is 82.2 cm³/mol. The number of ether oxygens (including phenoxy) is 2. The number of carbonyl (C=O) groups is 2. The lowest BCUT2D eigenvalue weighted by atomic mass is 9.95. The molecule has 1 saturated heterocycles. The fourth-order valence-electron chi connectivity index (χ4n) is 2.45. The van der Waals surface area contributed by atoms with Crippen LogP contribution in [0.3, 0.4) is 0 Å². The summed E-state index contributed by atoms with van der Waals surface area (Å²) in [5, 5.41) is 4.75. The number of hydrogen-bond donors (Lipinski definition) is 0. The van der Waals surface area contributed by atoms with Crippen molar-refractivity contribution in [2.45, 2.75) is 32.2 Å². The summed E-state index contributed by atoms with van der Waals surface area (Å²) >= 11 is 11.9. The molecule has 1 atom stereocenters. The smallest absolute Gasteiger partial charge is 0.327 e. The Labute approximate surface area is 142 Å². The average Bonchev–Trinajstić information content (AvgIpc) is 2.89. The number of cyclic esters (lactones) is 2. The van der Waals surface area contributed by atoms with Crippen molar-refractivity contribution < 1.29 is 23.9 Å². The van der Waals surface area contributed by atoms with E-state index < -0.39 is 29.7 Å². The molecule has 2 aliphatic rings. The Hall–Kier alpha value is -1.79. The van der Waals surface area contributed by atoms with E-state index in [9.17, 15) is 9.59 Å². The van der Waals surface area contributed by atoms with Gasteiger partial charge in [0, 0.05) is 25.8 Å². The standard InChI is InChI=1S/C15H13Cl2NO5/c1-15(2)21-13(19)12(14(20)22-15)11-6-10(18-23-11)7-3-4-8(16)9(17)5-7/h3-5,11-12H,6H2,1-2H3. The maximum absolute atomic E-state index is 12.1. The third kappa shape index (κ3) is 3.14. The molecule has 1 aromatic carbocycles. The van der Waals surface area contributed by atoms with Crippen molar-refractivity contribution in [2.24, 2.45) is 11.1 Å². The van der Waals surface area contributed by atoms with Crippen LogP contribution < -0.4 is 0 Å². The lowest BCUT2D eigenvalue weighted by Gasteiger charge is -2.33. The molecule has 0 N–H and O–H groups in total. The molecule has 0 aliphatic carbocycles. The van der Waals surface area contributed by atoms with Gasteiger partial charge in [0.2, 0.25) is 0 Å². The van der Waals surface area contributed by atoms with Crippen molar-refractivity contribution in [1.82, 2.24) is 0 Å². The molecular formula is C15H13Cl2NO5. The molecule has 1 aromatic rings. The zero-order valence-electron chi connectivity index (χ0n) is 12.3. The molecule has 23 heavy (non-hydrogen) atoms. The summed E-state index contributed by atoms with van der Waals surface area (Å²) < 4.78 is 10.2. The topological polar surface area (TPSA) is 74.2 Å². The number of nitrogens with zero attached hydrogens (tertiary/aromatic N) is 1. The van der Waals surface area contributed by atoms with Crippen LogP contribution >= 0.6 is 23.2 Å². The second-order valence-corrected chi connectivity index (χ2v) is 6.55. The van der Waals surface area contributed by atoms with Crippen LogP contribution in [-0.4, -0.2) is 29.5 Å². The van der Waals surface area contributed by atoms with Gasteiger partial charge in [-0.2, -0.15) is 0 Å². The first-order valence-corrected chi connectivity index (χ1v) is 7.66. The quantitative estimate of drug-likeness (QED) is 0.600. The number of carbonyl (C=O) groups excluding carboxylic acids is 2. The second kappa shape index (κ2) is 5.69. The van der Waals surface area contributed by atoms with Gasteiger partial charge in [-0.15, -0.1) is 0 Å². The summed E-state index contributed by atoms with van der Waals surface area (Å²) in [7, 11) is 0. The van der Waals surface area contributed by atoms with Crippen LogP contribution in [0.5, 0.6) is 0 Å². The van der Waals surface area contributed by atoms with E-state index in [0.717, 1.165) is 0 Å². The van der Waals surface area contributed by atoms with Crippen LogP contribution in [0.25, 0.3) is 0 Å². The molecule has 8 heteroatoms. The highest BCUT2D eigenvalue weighted by Gasteiger charge is 2.50. The third-order valence-corrected chi connectivity index (χ3v) is 4.26. The summed E-state index contributed by atoms with van der Waals surface area (Å²) in [6, 6.07) is 5.02. The second-order valence-electron chi connectivity index (χ2n) is 5.73. The van der Waals surface area contributed by atoms with Crippen molar-refractivity contribution in [3.05, 3.63) is 33.8 Å². The predicted octanol–water partition coefficient (Wildman–Crippen LogP) is 2.94. The summed E-state index contributed by atoms with van der Waals surface area (Å²) in [6.45, 7) is 2.98. The van der Waals surface area contributed by atoms with E-state index in [-0.39, 0.29) is 6.42 Å². The number of oxime groups is 1. The molecule has 2 aliphatic heterocycles. The maximum Gasteiger partial charge on any atom is 0.327 e. The van der Waals surface area contributed by atoms with Crippen LogP contribution in [-0.2, 0) is 23.9 Å². The average molecular weight is 358 g/mol. The van der Waals surface area contributed by atoms with Crippen LogP contribution in [0.4, 0.5) is 0 Å². The third-order valence-electron chi connectivity index (χ3n) is 3.52. The highest BCUT2D eigenvalue weighted by atomic mass is 35.5. The van der Waals surface area contributed by atoms with Gasteiger partial charge >= 0.3 is 11.9 Å². The lowest BCUT2D eigenvalue weighted by molar-refractivity contribution is -0.245. The van der Waals surface area contributed by atoms with E-state index in [1.807, 2.05) is 0 Å². The number of halogens is 2. The van der Waals surface area contributed by atoms with Crippen molar-refractivity contribution >= 4 is 40.9 Å². The van der Waals surface area contributed by atoms with Gasteiger partial charge in [-0.3, -0.25) is 9.59 Å². The van der Waals surface area contributed by atoms with Gasteiger partial charge in [0.15, 0.2) is 12.0 Å². The minimum Gasteiger partial charge on any atom is -0.422 e. The molecule has 0 bridgehead atoms. The first kappa shape index (κ1) is 16.1. The zero-order chi connectivity index (χ0) is 16.8. The molecule has 2 heterocycles.